The summed E-state index contributed by atoms with van der Waals surface area (Å²) in [6.07, 6.45) is 2.91. The van der Waals surface area contributed by atoms with E-state index in [-0.39, 0.29) is 28.4 Å². The standard InChI is InChI=1S/C31H31F5N6O2S2/c1-19(2)25-12-9-23(40(4)5)15-28(25)42-29(43)17-45-31(42)39-30(44)38-26-13-6-21(14-20(26)3)27-16-41(18-37-27)22-7-10-24(11-8-22)46(32,33,34,35)36/h6-16,18-19H,17H2,1-5H3,(H,38,44)/b39-31-. The fourth-order valence-electron chi connectivity index (χ4n) is 4.86. The lowest BCUT2D eigenvalue weighted by Gasteiger charge is -2.40. The third kappa shape index (κ3) is 7.04. The molecule has 2 heterocycles. The summed E-state index contributed by atoms with van der Waals surface area (Å²) in [4.78, 5) is 36.0. The minimum atomic E-state index is -9.77. The molecule has 4 aromatic rings. The maximum absolute atomic E-state index is 13.1. The van der Waals surface area contributed by atoms with Crippen LogP contribution in [0.3, 0.4) is 0 Å². The van der Waals surface area contributed by atoms with E-state index in [1.54, 1.807) is 31.3 Å². The summed E-state index contributed by atoms with van der Waals surface area (Å²) in [5.41, 5.74) is 5.01. The predicted octanol–water partition coefficient (Wildman–Crippen LogP) is 9.36. The fourth-order valence-corrected chi connectivity index (χ4v) is 6.36. The second-order valence-corrected chi connectivity index (χ2v) is 14.6. The van der Waals surface area contributed by atoms with Gasteiger partial charge in [0.15, 0.2) is 5.17 Å². The van der Waals surface area contributed by atoms with E-state index in [2.05, 4.69) is 15.3 Å². The second-order valence-electron chi connectivity index (χ2n) is 11.3. The van der Waals surface area contributed by atoms with Gasteiger partial charge < -0.3 is 14.8 Å². The average molecular weight is 679 g/mol. The Kier molecular flexibility index (Phi) is 8.00. The van der Waals surface area contributed by atoms with Crippen molar-refractivity contribution in [2.45, 2.75) is 31.6 Å². The van der Waals surface area contributed by atoms with Crippen LogP contribution >= 0.6 is 22.0 Å². The average Bonchev–Trinajstić information content (AvgIpc) is 3.59. The van der Waals surface area contributed by atoms with Gasteiger partial charge in [0.25, 0.3) is 0 Å². The lowest BCUT2D eigenvalue weighted by Crippen LogP contribution is -2.31. The summed E-state index contributed by atoms with van der Waals surface area (Å²) in [7, 11) is -5.96. The number of thioether (sulfide) groups is 1. The molecule has 3 aromatic carbocycles. The first-order valence-electron chi connectivity index (χ1n) is 14.0. The van der Waals surface area contributed by atoms with Gasteiger partial charge in [-0.25, -0.2) is 9.78 Å². The molecule has 15 heteroatoms. The number of amides is 3. The van der Waals surface area contributed by atoms with Crippen molar-refractivity contribution in [1.29, 1.82) is 0 Å². The molecule has 0 aliphatic carbocycles. The van der Waals surface area contributed by atoms with Gasteiger partial charge in [0.05, 0.1) is 23.5 Å². The molecular weight excluding hydrogens is 648 g/mol. The highest BCUT2D eigenvalue weighted by Gasteiger charge is 2.65. The Morgan fingerprint density at radius 3 is 2.33 bits per heavy atom. The molecule has 244 valence electrons. The number of imidazole rings is 1. The summed E-state index contributed by atoms with van der Waals surface area (Å²) in [6.45, 7) is 5.83. The van der Waals surface area contributed by atoms with Gasteiger partial charge in [-0.3, -0.25) is 9.69 Å². The first-order chi connectivity index (χ1) is 21.3. The summed E-state index contributed by atoms with van der Waals surface area (Å²) in [6, 6.07) is 12.9. The molecule has 46 heavy (non-hydrogen) atoms. The Bertz CT molecular complexity index is 1870. The third-order valence-electron chi connectivity index (χ3n) is 7.28. The molecular formula is C31H31F5N6O2S2. The van der Waals surface area contributed by atoms with Crippen LogP contribution in [0.2, 0.25) is 0 Å². The van der Waals surface area contributed by atoms with Crippen LogP contribution in [0.15, 0.2) is 83.1 Å². The number of aromatic nitrogens is 2. The number of rotatable bonds is 7. The Hall–Kier alpha value is -4.37. The molecule has 1 aliphatic rings. The molecule has 0 unspecified atom stereocenters. The molecule has 1 aliphatic heterocycles. The molecule has 1 fully saturated rings. The molecule has 0 bridgehead atoms. The van der Waals surface area contributed by atoms with Crippen molar-refractivity contribution < 1.29 is 29.0 Å². The number of urea groups is 1. The highest BCUT2D eigenvalue weighted by Crippen LogP contribution is 3.02. The van der Waals surface area contributed by atoms with Gasteiger partial charge in [-0.05, 0) is 72.5 Å². The van der Waals surface area contributed by atoms with Gasteiger partial charge in [0, 0.05) is 42.9 Å². The van der Waals surface area contributed by atoms with Crippen LogP contribution in [0, 0.1) is 6.92 Å². The quantitative estimate of drug-likeness (QED) is 0.197. The normalized spacial score (nSPS) is 16.1. The van der Waals surface area contributed by atoms with Crippen LogP contribution in [0.25, 0.3) is 16.9 Å². The molecule has 1 N–H and O–H groups in total. The summed E-state index contributed by atoms with van der Waals surface area (Å²) < 4.78 is 66.8. The first-order valence-corrected chi connectivity index (χ1v) is 16.9. The van der Waals surface area contributed by atoms with Crippen LogP contribution in [0.1, 0.15) is 30.9 Å². The lowest BCUT2D eigenvalue weighted by molar-refractivity contribution is -0.115. The second kappa shape index (κ2) is 11.2. The smallest absolute Gasteiger partial charge is 0.347 e. The minimum absolute atomic E-state index is 0.122. The molecule has 3 amide bonds. The van der Waals surface area contributed by atoms with E-state index < -0.39 is 21.2 Å². The minimum Gasteiger partial charge on any atom is -0.378 e. The van der Waals surface area contributed by atoms with E-state index in [4.69, 9.17) is 0 Å². The van der Waals surface area contributed by atoms with E-state index in [9.17, 15) is 29.0 Å². The van der Waals surface area contributed by atoms with Gasteiger partial charge in [-0.2, -0.15) is 4.99 Å². The van der Waals surface area contributed by atoms with Crippen molar-refractivity contribution in [3.8, 4) is 16.9 Å². The highest BCUT2D eigenvalue weighted by atomic mass is 32.5. The van der Waals surface area contributed by atoms with Crippen molar-refractivity contribution in [3.63, 3.8) is 0 Å². The number of carbonyl (C=O) groups excluding carboxylic acids is 2. The van der Waals surface area contributed by atoms with Gasteiger partial charge in [-0.15, -0.1) is 0 Å². The number of hydrogen-bond donors (Lipinski definition) is 1. The number of halogens is 5. The number of anilines is 3. The Morgan fingerprint density at radius 2 is 1.72 bits per heavy atom. The summed E-state index contributed by atoms with van der Waals surface area (Å²) in [5, 5.41) is 3.03. The molecule has 1 saturated heterocycles. The number of benzene rings is 3. The van der Waals surface area contributed by atoms with Crippen molar-refractivity contribution in [3.05, 3.63) is 84.3 Å². The number of hydrogen-bond acceptors (Lipinski definition) is 5. The molecule has 0 atom stereocenters. The van der Waals surface area contributed by atoms with Crippen LogP contribution in [0.5, 0.6) is 0 Å². The topological polar surface area (TPSA) is 82.8 Å². The van der Waals surface area contributed by atoms with Crippen LogP contribution in [-0.2, 0) is 4.79 Å². The molecule has 1 aromatic heterocycles. The zero-order chi connectivity index (χ0) is 33.7. The number of nitrogens with zero attached hydrogens (tertiary/aromatic N) is 5. The highest BCUT2D eigenvalue weighted by molar-refractivity contribution is 8.45. The summed E-state index contributed by atoms with van der Waals surface area (Å²) in [5.74, 6) is 0.0947. The predicted molar refractivity (Wildman–Crippen MR) is 176 cm³/mol. The number of carbonyl (C=O) groups is 2. The third-order valence-corrected chi connectivity index (χ3v) is 9.37. The van der Waals surface area contributed by atoms with E-state index in [0.717, 1.165) is 23.4 Å². The molecule has 5 rings (SSSR count). The van der Waals surface area contributed by atoms with Gasteiger partial charge in [0.2, 0.25) is 5.91 Å². The van der Waals surface area contributed by atoms with Crippen LogP contribution in [0.4, 0.5) is 41.3 Å². The number of aliphatic imine (C=N–C) groups is 1. The monoisotopic (exact) mass is 678 g/mol. The van der Waals surface area contributed by atoms with Crippen molar-refractivity contribution in [1.82, 2.24) is 9.55 Å². The molecule has 8 nitrogen and oxygen atoms in total. The van der Waals surface area contributed by atoms with Gasteiger partial charge in [-0.1, -0.05) is 57.2 Å². The molecule has 0 saturated carbocycles. The van der Waals surface area contributed by atoms with E-state index in [0.29, 0.717) is 40.3 Å². The fraction of sp³-hybridized carbons (Fsp3) is 0.226. The van der Waals surface area contributed by atoms with Crippen LogP contribution in [-0.4, -0.2) is 46.5 Å². The van der Waals surface area contributed by atoms with Crippen LogP contribution < -0.4 is 15.1 Å². The first kappa shape index (κ1) is 33.0. The van der Waals surface area contributed by atoms with E-state index >= 15 is 0 Å². The maximum atomic E-state index is 13.1. The molecule has 0 spiro atoms. The maximum Gasteiger partial charge on any atom is 0.347 e. The Labute approximate surface area is 267 Å². The summed E-state index contributed by atoms with van der Waals surface area (Å²) >= 11 is 1.18. The zero-order valence-electron chi connectivity index (χ0n) is 25.5. The number of amidine groups is 1. The van der Waals surface area contributed by atoms with Crippen molar-refractivity contribution in [2.24, 2.45) is 4.99 Å². The SMILES string of the molecule is Cc1cc(-c2cn(-c3ccc(S(F)(F)(F)(F)F)cc3)cn2)ccc1NC(=O)/N=C1\SCC(=O)N1c1cc(N(C)C)ccc1C(C)C. The Morgan fingerprint density at radius 1 is 1.02 bits per heavy atom. The van der Waals surface area contributed by atoms with Crippen molar-refractivity contribution in [2.75, 3.05) is 35.0 Å². The Balaban J connectivity index is 1.34. The van der Waals surface area contributed by atoms with E-state index in [1.807, 2.05) is 51.0 Å². The van der Waals surface area contributed by atoms with Crippen molar-refractivity contribution >= 4 is 56.2 Å². The lowest BCUT2D eigenvalue weighted by atomic mass is 9.99. The molecule has 0 radical (unpaired) electrons. The zero-order valence-corrected chi connectivity index (χ0v) is 27.1. The number of nitrogens with one attached hydrogen (secondary N) is 1. The van der Waals surface area contributed by atoms with Gasteiger partial charge in [0.1, 0.15) is 4.90 Å². The number of aryl methyl sites for hydroxylation is 1. The largest absolute Gasteiger partial charge is 0.378 e. The van der Waals surface area contributed by atoms with E-state index in [1.165, 1.54) is 27.6 Å². The van der Waals surface area contributed by atoms with Gasteiger partial charge >= 0.3 is 16.3 Å².